The molecule has 2 saturated heterocycles. The molecular weight excluding hydrogens is 1000 g/mol. The third-order valence-corrected chi connectivity index (χ3v) is 14.0. The number of pyridine rings is 2. The molecule has 19 heteroatoms. The lowest BCUT2D eigenvalue weighted by Crippen LogP contribution is -2.43. The van der Waals surface area contributed by atoms with Gasteiger partial charge in [-0.3, -0.25) is 19.4 Å². The van der Waals surface area contributed by atoms with E-state index >= 15 is 0 Å². The lowest BCUT2D eigenvalue weighted by atomic mass is 10.1. The molecule has 2 aliphatic heterocycles. The molecule has 0 aliphatic carbocycles. The Balaban J connectivity index is 0.000000192. The molecule has 2 fully saturated rings. The second-order valence-electron chi connectivity index (χ2n) is 20.0. The number of ether oxygens (including phenoxy) is 1. The van der Waals surface area contributed by atoms with Crippen molar-refractivity contribution in [3.8, 4) is 29.6 Å². The first-order valence-electron chi connectivity index (χ1n) is 26.5. The maximum absolute atomic E-state index is 14.6. The highest BCUT2D eigenvalue weighted by Crippen LogP contribution is 2.22. The van der Waals surface area contributed by atoms with Crippen molar-refractivity contribution in [2.75, 3.05) is 84.2 Å². The van der Waals surface area contributed by atoms with Crippen molar-refractivity contribution >= 4 is 34.5 Å². The fourth-order valence-electron chi connectivity index (χ4n) is 9.12. The number of aromatic nitrogens is 8. The molecule has 2 aliphatic rings. The smallest absolute Gasteiger partial charge is 0.257 e. The van der Waals surface area contributed by atoms with Crippen LogP contribution in [0.1, 0.15) is 97.4 Å². The van der Waals surface area contributed by atoms with E-state index < -0.39 is 17.8 Å². The van der Waals surface area contributed by atoms with Crippen LogP contribution in [-0.4, -0.2) is 144 Å². The fraction of sp³-hybridized carbons (Fsp3) is 0.333. The summed E-state index contributed by atoms with van der Waals surface area (Å²) >= 11 is 0. The van der Waals surface area contributed by atoms with E-state index in [1.54, 1.807) is 22.8 Å². The summed E-state index contributed by atoms with van der Waals surface area (Å²) in [6.45, 7) is 16.5. The zero-order valence-corrected chi connectivity index (χ0v) is 45.5. The summed E-state index contributed by atoms with van der Waals surface area (Å²) in [7, 11) is 5.80. The standard InChI is InChI=1S/C32H36FN7O.C28H28FN7O2/c1-4-5-6-7-27-11-13-30-34-21-29(40(30)37-27)12-9-24-19-26(20-35-31(24)33)32(41)36-28-10-8-25(23(2)18-28)22-39-16-14-38(3)15-17-39;1-19-14-23(6-4-21(19)18-35-12-10-34(2)11-13-35)32-28(37)22-15-20(27(29)31-16-22)5-7-24-17-30-25-8-9-26(38-3)33-36(24)25/h8,10-11,13,18-21H,4-7,14-17,22H2,1-3H3,(H,36,41);4,6,8-9,14-17H,10-13,18H2,1-3H3,(H,32,37). The summed E-state index contributed by atoms with van der Waals surface area (Å²) in [6, 6.07) is 21.9. The van der Waals surface area contributed by atoms with Gasteiger partial charge in [-0.2, -0.15) is 13.9 Å². The molecule has 0 saturated carbocycles. The Morgan fingerprint density at radius 2 is 1.06 bits per heavy atom. The van der Waals surface area contributed by atoms with Crippen molar-refractivity contribution < 1.29 is 23.1 Å². The summed E-state index contributed by atoms with van der Waals surface area (Å²) in [5.74, 6) is 9.50. The van der Waals surface area contributed by atoms with E-state index in [9.17, 15) is 18.4 Å². The number of fused-ring (bicyclic) bond motifs is 2. The maximum atomic E-state index is 14.6. The maximum Gasteiger partial charge on any atom is 0.257 e. The molecule has 406 valence electrons. The van der Waals surface area contributed by atoms with E-state index in [0.29, 0.717) is 39.9 Å². The van der Waals surface area contributed by atoms with Crippen molar-refractivity contribution in [1.82, 2.24) is 58.8 Å². The number of piperazine rings is 2. The molecule has 79 heavy (non-hydrogen) atoms. The van der Waals surface area contributed by atoms with Gasteiger partial charge in [0.2, 0.25) is 17.8 Å². The minimum Gasteiger partial charge on any atom is -0.480 e. The minimum absolute atomic E-state index is 0.00537. The van der Waals surface area contributed by atoms with Crippen molar-refractivity contribution in [1.29, 1.82) is 0 Å². The molecule has 8 heterocycles. The van der Waals surface area contributed by atoms with Gasteiger partial charge in [-0.1, -0.05) is 43.7 Å². The van der Waals surface area contributed by atoms with Gasteiger partial charge in [0.25, 0.3) is 11.8 Å². The second-order valence-corrected chi connectivity index (χ2v) is 20.0. The number of hydrogen-bond acceptors (Lipinski definition) is 13. The van der Waals surface area contributed by atoms with Gasteiger partial charge in [-0.05, 0) is 129 Å². The largest absolute Gasteiger partial charge is 0.480 e. The number of methoxy groups -OCH3 is 1. The number of amides is 2. The molecule has 8 aromatic rings. The minimum atomic E-state index is -0.766. The average Bonchev–Trinajstić information content (AvgIpc) is 4.11. The molecular formula is C60H64F2N14O3. The molecule has 0 bridgehead atoms. The Hall–Kier alpha value is -8.46. The molecule has 0 spiro atoms. The van der Waals surface area contributed by atoms with Gasteiger partial charge >= 0.3 is 0 Å². The first-order chi connectivity index (χ1) is 38.3. The van der Waals surface area contributed by atoms with Gasteiger partial charge < -0.3 is 25.2 Å². The normalized spacial score (nSPS) is 14.2. The number of halogens is 2. The van der Waals surface area contributed by atoms with Crippen molar-refractivity contribution in [2.24, 2.45) is 0 Å². The van der Waals surface area contributed by atoms with Crippen LogP contribution in [0.25, 0.3) is 11.3 Å². The van der Waals surface area contributed by atoms with E-state index in [1.807, 2.05) is 49.4 Å². The average molecular weight is 1070 g/mol. The summed E-state index contributed by atoms with van der Waals surface area (Å²) in [6.07, 6.45) is 9.81. The molecule has 2 amide bonds. The number of rotatable bonds is 13. The second kappa shape index (κ2) is 25.8. The number of unbranched alkanes of at least 4 members (excludes halogenated alkanes) is 2. The quantitative estimate of drug-likeness (QED) is 0.0657. The lowest BCUT2D eigenvalue weighted by molar-refractivity contribution is 0.101. The first-order valence-corrected chi connectivity index (χ1v) is 26.5. The number of carbonyl (C=O) groups is 2. The van der Waals surface area contributed by atoms with Crippen LogP contribution in [0.2, 0.25) is 0 Å². The molecule has 0 unspecified atom stereocenters. The van der Waals surface area contributed by atoms with Crippen molar-refractivity contribution in [2.45, 2.75) is 59.5 Å². The Labute approximate surface area is 459 Å². The van der Waals surface area contributed by atoms with Crippen LogP contribution in [0.15, 0.2) is 97.6 Å². The van der Waals surface area contributed by atoms with E-state index in [0.717, 1.165) is 108 Å². The number of anilines is 2. The highest BCUT2D eigenvalue weighted by atomic mass is 19.1. The summed E-state index contributed by atoms with van der Waals surface area (Å²) < 4.78 is 37.3. The number of benzene rings is 2. The van der Waals surface area contributed by atoms with Gasteiger partial charge in [-0.15, -0.1) is 5.10 Å². The molecule has 10 rings (SSSR count). The third-order valence-electron chi connectivity index (χ3n) is 14.0. The zero-order valence-electron chi connectivity index (χ0n) is 45.5. The summed E-state index contributed by atoms with van der Waals surface area (Å²) in [4.78, 5) is 51.6. The summed E-state index contributed by atoms with van der Waals surface area (Å²) in [5.41, 5.74) is 9.67. The molecule has 2 aromatic carbocycles. The lowest BCUT2D eigenvalue weighted by Gasteiger charge is -2.32. The van der Waals surface area contributed by atoms with Gasteiger partial charge in [0.15, 0.2) is 11.3 Å². The Morgan fingerprint density at radius 3 is 1.53 bits per heavy atom. The Bertz CT molecular complexity index is 3620. The number of aryl methyl sites for hydroxylation is 3. The topological polar surface area (TPSA) is 167 Å². The molecule has 6 aromatic heterocycles. The highest BCUT2D eigenvalue weighted by molar-refractivity contribution is 6.05. The van der Waals surface area contributed by atoms with Crippen LogP contribution < -0.4 is 15.4 Å². The van der Waals surface area contributed by atoms with E-state index in [2.05, 4.69) is 118 Å². The van der Waals surface area contributed by atoms with Crippen LogP contribution in [0, 0.1) is 49.4 Å². The molecule has 17 nitrogen and oxygen atoms in total. The molecule has 2 N–H and O–H groups in total. The van der Waals surface area contributed by atoms with E-state index in [1.165, 1.54) is 53.5 Å². The zero-order chi connectivity index (χ0) is 55.4. The van der Waals surface area contributed by atoms with Gasteiger partial charge in [0, 0.05) is 95.3 Å². The van der Waals surface area contributed by atoms with E-state index in [-0.39, 0.29) is 28.2 Å². The van der Waals surface area contributed by atoms with Crippen LogP contribution in [0.5, 0.6) is 5.88 Å². The predicted octanol–water partition coefficient (Wildman–Crippen LogP) is 7.68. The molecule has 0 radical (unpaired) electrons. The van der Waals surface area contributed by atoms with Gasteiger partial charge in [0.05, 0.1) is 47.5 Å². The van der Waals surface area contributed by atoms with Crippen molar-refractivity contribution in [3.63, 3.8) is 0 Å². The van der Waals surface area contributed by atoms with Gasteiger partial charge in [0.1, 0.15) is 11.4 Å². The number of likely N-dealkylation sites (N-methyl/N-ethyl adjacent to an activating group) is 2. The molecule has 0 atom stereocenters. The first kappa shape index (κ1) is 55.3. The SMILES string of the molecule is CCCCCc1ccc2ncc(C#Cc3cc(C(=O)Nc4ccc(CN5CCN(C)CC5)c(C)c4)cnc3F)n2n1.COc1ccc2ncc(C#Cc3cc(C(=O)Nc4ccc(CN5CCN(C)CC5)c(C)c4)cnc3F)n2n1. The highest BCUT2D eigenvalue weighted by Gasteiger charge is 2.19. The third kappa shape index (κ3) is 14.4. The Kier molecular flexibility index (Phi) is 18.1. The van der Waals surface area contributed by atoms with Crippen LogP contribution in [0.3, 0.4) is 0 Å². The van der Waals surface area contributed by atoms with Crippen LogP contribution >= 0.6 is 0 Å². The van der Waals surface area contributed by atoms with Crippen molar-refractivity contribution in [3.05, 3.63) is 171 Å². The number of imidazole rings is 2. The fourth-order valence-corrected chi connectivity index (χ4v) is 9.12. The number of carbonyl (C=O) groups excluding carboxylic acids is 2. The van der Waals surface area contributed by atoms with Crippen LogP contribution in [0.4, 0.5) is 20.2 Å². The number of nitrogens with zero attached hydrogens (tertiary/aromatic N) is 12. The predicted molar refractivity (Wildman–Crippen MR) is 300 cm³/mol. The monoisotopic (exact) mass is 1070 g/mol. The summed E-state index contributed by atoms with van der Waals surface area (Å²) in [5, 5.41) is 14.7. The Morgan fingerprint density at radius 1 is 0.582 bits per heavy atom. The number of nitrogens with one attached hydrogen (secondary N) is 2. The number of hydrogen-bond donors (Lipinski definition) is 2. The van der Waals surface area contributed by atoms with Gasteiger partial charge in [-0.25, -0.2) is 29.0 Å². The van der Waals surface area contributed by atoms with Crippen LogP contribution in [-0.2, 0) is 19.5 Å². The van der Waals surface area contributed by atoms with E-state index in [4.69, 9.17) is 4.74 Å².